The molecule has 5 atom stereocenters. The lowest BCUT2D eigenvalue weighted by molar-refractivity contribution is -0.149. The Balaban J connectivity index is 1.21. The van der Waals surface area contributed by atoms with Crippen LogP contribution >= 0.6 is 0 Å². The van der Waals surface area contributed by atoms with E-state index in [1.807, 2.05) is 30.1 Å². The third-order valence-corrected chi connectivity index (χ3v) is 11.3. The van der Waals surface area contributed by atoms with E-state index in [1.54, 1.807) is 6.07 Å². The second kappa shape index (κ2) is 9.92. The van der Waals surface area contributed by atoms with Crippen LogP contribution in [-0.2, 0) is 23.1 Å². The quantitative estimate of drug-likeness (QED) is 0.425. The summed E-state index contributed by atoms with van der Waals surface area (Å²) < 4.78 is 6.80. The molecule has 0 unspecified atom stereocenters. The highest BCUT2D eigenvalue weighted by Gasteiger charge is 2.71. The van der Waals surface area contributed by atoms with Gasteiger partial charge in [-0.15, -0.1) is 0 Å². The first-order valence-corrected chi connectivity index (χ1v) is 15.4. The van der Waals surface area contributed by atoms with Crippen LogP contribution < -0.4 is 4.74 Å². The van der Waals surface area contributed by atoms with Gasteiger partial charge in [0.05, 0.1) is 6.04 Å². The number of carbonyl (C=O) groups excluding carboxylic acids is 1. The highest BCUT2D eigenvalue weighted by atomic mass is 16.5. The summed E-state index contributed by atoms with van der Waals surface area (Å²) in [5.41, 5.74) is 6.84. The Hall–Kier alpha value is -3.75. The monoisotopic (exact) mass is 560 g/mol. The summed E-state index contributed by atoms with van der Waals surface area (Å²) in [5.74, 6) is 6.70. The standard InChI is InChI=1S/C37H40N2O3/c1-24-10-11-27(22-25(24)2)12-15-32(41)38(4)29-16-18-36(3)31-23-28-13-14-30(40)34-33(28)37(36,35(29)42-34)19-21-39(31)20-17-26-8-6-5-7-9-26/h5-11,13-14,22,29,31,35,40H,16-21,23H2,1-4H3/t29-,31-,35+,36+,37+/m1/s1. The van der Waals surface area contributed by atoms with Crippen molar-refractivity contribution in [2.75, 3.05) is 20.1 Å². The predicted molar refractivity (Wildman–Crippen MR) is 165 cm³/mol. The first kappa shape index (κ1) is 27.1. The Morgan fingerprint density at radius 2 is 1.90 bits per heavy atom. The van der Waals surface area contributed by atoms with Crippen LogP contribution in [0.25, 0.3) is 0 Å². The van der Waals surface area contributed by atoms with Gasteiger partial charge < -0.3 is 14.7 Å². The molecule has 7 rings (SSSR count). The van der Waals surface area contributed by atoms with Gasteiger partial charge in [0, 0.05) is 42.1 Å². The van der Waals surface area contributed by atoms with E-state index < -0.39 is 0 Å². The minimum absolute atomic E-state index is 0.0237. The van der Waals surface area contributed by atoms with Gasteiger partial charge in [0.25, 0.3) is 5.91 Å². The lowest BCUT2D eigenvalue weighted by Gasteiger charge is -2.66. The molecule has 1 saturated carbocycles. The van der Waals surface area contributed by atoms with Crippen LogP contribution in [0.1, 0.15) is 59.6 Å². The van der Waals surface area contributed by atoms with Crippen molar-refractivity contribution in [3.8, 4) is 23.3 Å². The van der Waals surface area contributed by atoms with E-state index in [0.717, 1.165) is 50.8 Å². The molecule has 1 N–H and O–H groups in total. The predicted octanol–water partition coefficient (Wildman–Crippen LogP) is 5.56. The Morgan fingerprint density at radius 3 is 2.69 bits per heavy atom. The minimum atomic E-state index is -0.248. The second-order valence-electron chi connectivity index (χ2n) is 13.2. The van der Waals surface area contributed by atoms with Crippen LogP contribution in [0.4, 0.5) is 0 Å². The zero-order valence-electron chi connectivity index (χ0n) is 25.1. The van der Waals surface area contributed by atoms with Crippen LogP contribution in [0.2, 0.25) is 0 Å². The van der Waals surface area contributed by atoms with Gasteiger partial charge in [0.2, 0.25) is 0 Å². The van der Waals surface area contributed by atoms with Gasteiger partial charge in [-0.1, -0.05) is 55.3 Å². The van der Waals surface area contributed by atoms with Gasteiger partial charge in [-0.2, -0.15) is 0 Å². The Labute approximate surface area is 249 Å². The molecule has 5 nitrogen and oxygen atoms in total. The fourth-order valence-electron chi connectivity index (χ4n) is 8.82. The maximum atomic E-state index is 13.5. The Morgan fingerprint density at radius 1 is 1.10 bits per heavy atom. The number of likely N-dealkylation sites (N-methyl/N-ethyl adjacent to an activating group) is 1. The zero-order chi connectivity index (χ0) is 29.2. The van der Waals surface area contributed by atoms with Crippen molar-refractivity contribution < 1.29 is 14.6 Å². The van der Waals surface area contributed by atoms with Gasteiger partial charge >= 0.3 is 0 Å². The number of benzene rings is 3. The normalized spacial score (nSPS) is 28.7. The van der Waals surface area contributed by atoms with E-state index in [9.17, 15) is 9.90 Å². The summed E-state index contributed by atoms with van der Waals surface area (Å²) in [4.78, 5) is 18.1. The summed E-state index contributed by atoms with van der Waals surface area (Å²) in [6, 6.07) is 21.0. The summed E-state index contributed by atoms with van der Waals surface area (Å²) in [6.45, 7) is 8.62. The molecule has 2 heterocycles. The van der Waals surface area contributed by atoms with Crippen molar-refractivity contribution in [3.63, 3.8) is 0 Å². The fourth-order valence-corrected chi connectivity index (χ4v) is 8.82. The first-order valence-electron chi connectivity index (χ1n) is 15.4. The van der Waals surface area contributed by atoms with Crippen molar-refractivity contribution in [1.29, 1.82) is 0 Å². The number of hydrogen-bond acceptors (Lipinski definition) is 4. The van der Waals surface area contributed by atoms with Gasteiger partial charge in [0.1, 0.15) is 6.10 Å². The Kier molecular flexibility index (Phi) is 6.40. The van der Waals surface area contributed by atoms with Gasteiger partial charge in [-0.05, 0) is 98.4 Å². The molecule has 1 saturated heterocycles. The molecule has 1 amide bonds. The van der Waals surface area contributed by atoms with E-state index in [-0.39, 0.29) is 34.6 Å². The molecule has 216 valence electrons. The molecular formula is C37H40N2O3. The maximum Gasteiger partial charge on any atom is 0.298 e. The van der Waals surface area contributed by atoms with Gasteiger partial charge in [-0.25, -0.2) is 0 Å². The van der Waals surface area contributed by atoms with Crippen LogP contribution in [-0.4, -0.2) is 59.1 Å². The number of rotatable bonds is 4. The number of phenolic OH excluding ortho intramolecular Hbond substituents is 1. The molecule has 5 heteroatoms. The van der Waals surface area contributed by atoms with Crippen LogP contribution in [0.15, 0.2) is 60.7 Å². The number of likely N-dealkylation sites (tertiary alicyclic amines) is 1. The number of ether oxygens (including phenoxy) is 1. The number of carbonyl (C=O) groups is 1. The summed E-state index contributed by atoms with van der Waals surface area (Å²) in [5, 5.41) is 11.0. The van der Waals surface area contributed by atoms with Crippen molar-refractivity contribution in [2.45, 2.75) is 76.5 Å². The van der Waals surface area contributed by atoms with Gasteiger partial charge in [0.15, 0.2) is 11.5 Å². The highest BCUT2D eigenvalue weighted by Crippen LogP contribution is 2.69. The van der Waals surface area contributed by atoms with E-state index in [2.05, 4.69) is 73.9 Å². The molecular weight excluding hydrogens is 520 g/mol. The van der Waals surface area contributed by atoms with Gasteiger partial charge in [-0.3, -0.25) is 9.69 Å². The molecule has 0 radical (unpaired) electrons. The van der Waals surface area contributed by atoms with E-state index >= 15 is 0 Å². The topological polar surface area (TPSA) is 53.0 Å². The maximum absolute atomic E-state index is 13.5. The van der Waals surface area contributed by atoms with Crippen LogP contribution in [0.3, 0.4) is 0 Å². The molecule has 42 heavy (non-hydrogen) atoms. The fraction of sp³-hybridized carbons (Fsp3) is 0.432. The van der Waals surface area contributed by atoms with Crippen molar-refractivity contribution in [3.05, 3.63) is 94.0 Å². The summed E-state index contributed by atoms with van der Waals surface area (Å²) in [7, 11) is 1.88. The number of phenols is 1. The van der Waals surface area contributed by atoms with Crippen LogP contribution in [0.5, 0.6) is 11.5 Å². The molecule has 4 aliphatic rings. The van der Waals surface area contributed by atoms with Crippen molar-refractivity contribution in [2.24, 2.45) is 5.41 Å². The number of amides is 1. The molecule has 2 aliphatic carbocycles. The van der Waals surface area contributed by atoms with Crippen molar-refractivity contribution >= 4 is 5.91 Å². The van der Waals surface area contributed by atoms with Crippen LogP contribution in [0, 0.1) is 31.1 Å². The SMILES string of the molecule is Cc1ccc(C#CC(=O)N(C)[C@@H]2CC[C@@]3(C)[C@H]4Cc5ccc(O)c6c5[C@@]3(CCN4CCc3ccccc3)[C@H]2O6)cc1C. The molecule has 0 aromatic heterocycles. The molecule has 2 bridgehead atoms. The molecule has 3 aromatic rings. The second-order valence-corrected chi connectivity index (χ2v) is 13.2. The minimum Gasteiger partial charge on any atom is -0.504 e. The van der Waals surface area contributed by atoms with E-state index in [1.165, 1.54) is 27.8 Å². The largest absolute Gasteiger partial charge is 0.504 e. The highest BCUT2D eigenvalue weighted by molar-refractivity contribution is 5.94. The molecule has 3 aromatic carbocycles. The third kappa shape index (κ3) is 3.92. The molecule has 2 fully saturated rings. The lowest BCUT2D eigenvalue weighted by atomic mass is 9.43. The van der Waals surface area contributed by atoms with E-state index in [4.69, 9.17) is 4.74 Å². The smallest absolute Gasteiger partial charge is 0.298 e. The number of nitrogens with zero attached hydrogens (tertiary/aromatic N) is 2. The molecule has 1 spiro atoms. The number of aromatic hydroxyl groups is 1. The number of hydrogen-bond donors (Lipinski definition) is 1. The average Bonchev–Trinajstić information content (AvgIpc) is 3.34. The van der Waals surface area contributed by atoms with Crippen molar-refractivity contribution in [1.82, 2.24) is 9.80 Å². The number of aryl methyl sites for hydroxylation is 2. The summed E-state index contributed by atoms with van der Waals surface area (Å²) in [6.07, 6.45) is 4.59. The Bertz CT molecular complexity index is 1620. The average molecular weight is 561 g/mol. The zero-order valence-corrected chi connectivity index (χ0v) is 25.1. The lowest BCUT2D eigenvalue weighted by Crippen LogP contribution is -2.73. The summed E-state index contributed by atoms with van der Waals surface area (Å²) >= 11 is 0. The third-order valence-electron chi connectivity index (χ3n) is 11.3. The number of piperidine rings is 1. The van der Waals surface area contributed by atoms with E-state index in [0.29, 0.717) is 11.8 Å². The molecule has 2 aliphatic heterocycles. The first-order chi connectivity index (χ1) is 20.2.